The standard InChI is InChI=1S/3C12H18/c1-9(2)11-5-7-12(8-6-11)10(3)4;1-9(2)11-6-5-7-12(8-11)10(3)4;1-9(2)11-7-5-6-8-12(11)10(3)4/h3*5-10H,1-4H3. The quantitative estimate of drug-likeness (QED) is 0.325. The molecule has 0 aromatic heterocycles. The molecule has 0 heterocycles. The molecule has 36 heavy (non-hydrogen) atoms. The van der Waals surface area contributed by atoms with E-state index < -0.39 is 0 Å². The molecule has 0 unspecified atom stereocenters. The Morgan fingerprint density at radius 2 is 0.611 bits per heavy atom. The molecule has 0 saturated carbocycles. The van der Waals surface area contributed by atoms with Crippen LogP contribution in [0, 0.1) is 0 Å². The summed E-state index contributed by atoms with van der Waals surface area (Å²) in [6.07, 6.45) is 0. The van der Waals surface area contributed by atoms with Crippen molar-refractivity contribution < 1.29 is 0 Å². The van der Waals surface area contributed by atoms with Crippen molar-refractivity contribution in [3.8, 4) is 0 Å². The van der Waals surface area contributed by atoms with Gasteiger partial charge in [-0.05, 0) is 68.9 Å². The van der Waals surface area contributed by atoms with Crippen LogP contribution in [0.5, 0.6) is 0 Å². The van der Waals surface area contributed by atoms with Crippen molar-refractivity contribution >= 4 is 0 Å². The minimum Gasteiger partial charge on any atom is -0.0620 e. The van der Waals surface area contributed by atoms with Crippen LogP contribution in [0.2, 0.25) is 0 Å². The molecule has 0 amide bonds. The zero-order chi connectivity index (χ0) is 27.4. The molecule has 0 atom stereocenters. The molecular formula is C36H54. The summed E-state index contributed by atoms with van der Waals surface area (Å²) in [4.78, 5) is 0. The summed E-state index contributed by atoms with van der Waals surface area (Å²) >= 11 is 0. The second-order valence-corrected chi connectivity index (χ2v) is 11.9. The summed E-state index contributed by atoms with van der Waals surface area (Å²) in [5.74, 6) is 3.86. The topological polar surface area (TPSA) is 0 Å². The third-order valence-corrected chi connectivity index (χ3v) is 6.75. The lowest BCUT2D eigenvalue weighted by molar-refractivity contribution is 0.790. The van der Waals surface area contributed by atoms with E-state index in [1.165, 1.54) is 33.4 Å². The Labute approximate surface area is 224 Å². The fraction of sp³-hybridized carbons (Fsp3) is 0.500. The summed E-state index contributed by atoms with van der Waals surface area (Å²) in [5, 5.41) is 0. The highest BCUT2D eigenvalue weighted by Crippen LogP contribution is 2.25. The van der Waals surface area contributed by atoms with E-state index in [4.69, 9.17) is 0 Å². The van der Waals surface area contributed by atoms with Crippen LogP contribution in [-0.4, -0.2) is 0 Å². The van der Waals surface area contributed by atoms with Crippen molar-refractivity contribution in [3.63, 3.8) is 0 Å². The van der Waals surface area contributed by atoms with Crippen molar-refractivity contribution in [2.24, 2.45) is 0 Å². The van der Waals surface area contributed by atoms with Gasteiger partial charge in [-0.1, -0.05) is 156 Å². The van der Waals surface area contributed by atoms with Crippen molar-refractivity contribution in [2.75, 3.05) is 0 Å². The maximum atomic E-state index is 2.31. The SMILES string of the molecule is CC(C)c1ccc(C(C)C)cc1.CC(C)c1cccc(C(C)C)c1.CC(C)c1ccccc1C(C)C. The Kier molecular flexibility index (Phi) is 13.8. The maximum Gasteiger partial charge on any atom is -0.0216 e. The van der Waals surface area contributed by atoms with E-state index in [1.807, 2.05) is 0 Å². The zero-order valence-electron chi connectivity index (χ0n) is 25.4. The zero-order valence-corrected chi connectivity index (χ0v) is 25.4. The Morgan fingerprint density at radius 1 is 0.306 bits per heavy atom. The molecule has 0 N–H and O–H groups in total. The van der Waals surface area contributed by atoms with Gasteiger partial charge in [-0.25, -0.2) is 0 Å². The first-order chi connectivity index (χ1) is 16.8. The molecule has 0 spiro atoms. The molecule has 3 aromatic rings. The second kappa shape index (κ2) is 15.7. The van der Waals surface area contributed by atoms with Crippen LogP contribution in [0.1, 0.15) is 152 Å². The summed E-state index contributed by atoms with van der Waals surface area (Å²) in [6.45, 7) is 26.9. The third-order valence-electron chi connectivity index (χ3n) is 6.75. The molecule has 0 bridgehead atoms. The summed E-state index contributed by atoms with van der Waals surface area (Å²) in [6, 6.07) is 26.6. The van der Waals surface area contributed by atoms with Gasteiger partial charge in [-0.3, -0.25) is 0 Å². The van der Waals surface area contributed by atoms with Crippen molar-refractivity contribution in [1.82, 2.24) is 0 Å². The molecule has 3 aromatic carbocycles. The molecule has 0 saturated heterocycles. The van der Waals surface area contributed by atoms with Crippen LogP contribution >= 0.6 is 0 Å². The summed E-state index contributed by atoms with van der Waals surface area (Å²) < 4.78 is 0. The highest BCUT2D eigenvalue weighted by molar-refractivity contribution is 5.32. The second-order valence-electron chi connectivity index (χ2n) is 11.9. The molecule has 0 fully saturated rings. The number of hydrogen-bond acceptors (Lipinski definition) is 0. The summed E-state index contributed by atoms with van der Waals surface area (Å²) in [7, 11) is 0. The average molecular weight is 487 g/mol. The van der Waals surface area contributed by atoms with Crippen LogP contribution in [0.4, 0.5) is 0 Å². The molecule has 0 nitrogen and oxygen atoms in total. The van der Waals surface area contributed by atoms with Gasteiger partial charge in [0, 0.05) is 0 Å². The largest absolute Gasteiger partial charge is 0.0620 e. The number of hydrogen-bond donors (Lipinski definition) is 0. The Bertz CT molecular complexity index is 907. The molecule has 3 rings (SSSR count). The molecule has 0 heteroatoms. The van der Waals surface area contributed by atoms with Gasteiger partial charge in [0.15, 0.2) is 0 Å². The van der Waals surface area contributed by atoms with Crippen LogP contribution < -0.4 is 0 Å². The summed E-state index contributed by atoms with van der Waals surface area (Å²) in [5.41, 5.74) is 8.74. The fourth-order valence-corrected chi connectivity index (χ4v) is 4.11. The molecule has 198 valence electrons. The van der Waals surface area contributed by atoms with E-state index in [0.29, 0.717) is 35.5 Å². The molecule has 0 aliphatic heterocycles. The van der Waals surface area contributed by atoms with Gasteiger partial charge in [0.05, 0.1) is 0 Å². The maximum absolute atomic E-state index is 2.31. The number of benzene rings is 3. The first-order valence-electron chi connectivity index (χ1n) is 14.1. The highest BCUT2D eigenvalue weighted by Gasteiger charge is 2.07. The lowest BCUT2D eigenvalue weighted by Crippen LogP contribution is -1.97. The van der Waals surface area contributed by atoms with E-state index in [9.17, 15) is 0 Å². The predicted octanol–water partition coefficient (Wildman–Crippen LogP) is 11.8. The Balaban J connectivity index is 0.000000270. The van der Waals surface area contributed by atoms with Crippen LogP contribution in [0.15, 0.2) is 72.8 Å². The van der Waals surface area contributed by atoms with Gasteiger partial charge in [-0.2, -0.15) is 0 Å². The van der Waals surface area contributed by atoms with Gasteiger partial charge in [0.25, 0.3) is 0 Å². The lowest BCUT2D eigenvalue weighted by Gasteiger charge is -2.14. The smallest absolute Gasteiger partial charge is 0.0216 e. The third kappa shape index (κ3) is 10.7. The Hall–Kier alpha value is -2.34. The van der Waals surface area contributed by atoms with Crippen molar-refractivity contribution in [2.45, 2.75) is 119 Å². The minimum absolute atomic E-state index is 0.642. The molecule has 0 aliphatic carbocycles. The average Bonchev–Trinajstić information content (AvgIpc) is 2.84. The molecule has 0 radical (unpaired) electrons. The molecular weight excluding hydrogens is 432 g/mol. The van der Waals surface area contributed by atoms with E-state index in [-0.39, 0.29) is 0 Å². The van der Waals surface area contributed by atoms with E-state index in [2.05, 4.69) is 156 Å². The minimum atomic E-state index is 0.642. The first kappa shape index (κ1) is 31.7. The van der Waals surface area contributed by atoms with Gasteiger partial charge < -0.3 is 0 Å². The van der Waals surface area contributed by atoms with Gasteiger partial charge in [0.2, 0.25) is 0 Å². The predicted molar refractivity (Wildman–Crippen MR) is 164 cm³/mol. The lowest BCUT2D eigenvalue weighted by atomic mass is 9.91. The van der Waals surface area contributed by atoms with E-state index in [0.717, 1.165) is 0 Å². The van der Waals surface area contributed by atoms with Crippen molar-refractivity contribution in [3.05, 3.63) is 106 Å². The number of rotatable bonds is 6. The highest BCUT2D eigenvalue weighted by atomic mass is 14.1. The van der Waals surface area contributed by atoms with Crippen LogP contribution in [-0.2, 0) is 0 Å². The monoisotopic (exact) mass is 486 g/mol. The van der Waals surface area contributed by atoms with Crippen molar-refractivity contribution in [1.29, 1.82) is 0 Å². The van der Waals surface area contributed by atoms with Gasteiger partial charge in [0.1, 0.15) is 0 Å². The van der Waals surface area contributed by atoms with Crippen LogP contribution in [0.3, 0.4) is 0 Å². The fourth-order valence-electron chi connectivity index (χ4n) is 4.11. The van der Waals surface area contributed by atoms with Gasteiger partial charge >= 0.3 is 0 Å². The first-order valence-corrected chi connectivity index (χ1v) is 14.1. The molecule has 0 aliphatic rings. The van der Waals surface area contributed by atoms with Gasteiger partial charge in [-0.15, -0.1) is 0 Å². The van der Waals surface area contributed by atoms with E-state index in [1.54, 1.807) is 0 Å². The Morgan fingerprint density at radius 3 is 0.861 bits per heavy atom. The normalized spacial score (nSPS) is 11.2. The van der Waals surface area contributed by atoms with Crippen LogP contribution in [0.25, 0.3) is 0 Å². The van der Waals surface area contributed by atoms with E-state index >= 15 is 0 Å².